The molecule has 2 atom stereocenters. The van der Waals surface area contributed by atoms with E-state index in [1.165, 1.54) is 0 Å². The van der Waals surface area contributed by atoms with Crippen LogP contribution in [0.4, 0.5) is 9.18 Å². The summed E-state index contributed by atoms with van der Waals surface area (Å²) in [6.45, 7) is 4.48. The lowest BCUT2D eigenvalue weighted by Crippen LogP contribution is -2.62. The minimum absolute atomic E-state index is 0.0228. The second kappa shape index (κ2) is 6.79. The number of likely N-dealkylation sites (tertiary alicyclic amines) is 1. The first kappa shape index (κ1) is 18.2. The highest BCUT2D eigenvalue weighted by Gasteiger charge is 2.61. The lowest BCUT2D eigenvalue weighted by atomic mass is 9.72. The number of carbonyl (C=O) groups excluding carboxylic acids is 1. The summed E-state index contributed by atoms with van der Waals surface area (Å²) >= 11 is 0. The quantitative estimate of drug-likeness (QED) is 0.911. The molecular weight excluding hydrogens is 313 g/mol. The summed E-state index contributed by atoms with van der Waals surface area (Å²) in [6.07, 6.45) is -0.266. The molecule has 6 heteroatoms. The summed E-state index contributed by atoms with van der Waals surface area (Å²) in [5.41, 5.74) is -1.44. The van der Waals surface area contributed by atoms with Gasteiger partial charge in [-0.05, 0) is 23.8 Å². The molecule has 1 saturated heterocycles. The molecule has 2 rings (SSSR count). The largest absolute Gasteiger partial charge is 0.479 e. The fourth-order valence-electron chi connectivity index (χ4n) is 3.44. The van der Waals surface area contributed by atoms with Crippen molar-refractivity contribution in [3.8, 4) is 0 Å². The van der Waals surface area contributed by atoms with Crippen molar-refractivity contribution < 1.29 is 23.8 Å². The van der Waals surface area contributed by atoms with E-state index < -0.39 is 35.7 Å². The fourth-order valence-corrected chi connectivity index (χ4v) is 3.44. The van der Waals surface area contributed by atoms with Crippen molar-refractivity contribution in [2.24, 2.45) is 5.41 Å². The number of benzene rings is 1. The number of carboxylic acids is 1. The maximum absolute atomic E-state index is 13.4. The van der Waals surface area contributed by atoms with Crippen LogP contribution in [-0.4, -0.2) is 40.3 Å². The molecule has 1 N–H and O–H groups in total. The van der Waals surface area contributed by atoms with Crippen molar-refractivity contribution in [3.05, 3.63) is 35.9 Å². The highest BCUT2D eigenvalue weighted by Crippen LogP contribution is 2.47. The number of amides is 1. The lowest BCUT2D eigenvalue weighted by molar-refractivity contribution is -0.157. The second-order valence-corrected chi connectivity index (χ2v) is 7.17. The molecule has 0 radical (unpaired) electrons. The molecule has 1 aromatic carbocycles. The van der Waals surface area contributed by atoms with Crippen LogP contribution >= 0.6 is 0 Å². The van der Waals surface area contributed by atoms with Crippen molar-refractivity contribution in [1.29, 1.82) is 0 Å². The first-order chi connectivity index (χ1) is 11.2. The molecule has 0 spiro atoms. The number of nitrogens with zero attached hydrogens (tertiary/aromatic N) is 1. The first-order valence-electron chi connectivity index (χ1n) is 8.03. The number of hydrogen-bond acceptors (Lipinski definition) is 3. The molecule has 1 amide bonds. The Morgan fingerprint density at radius 2 is 1.96 bits per heavy atom. The van der Waals surface area contributed by atoms with E-state index in [4.69, 9.17) is 4.74 Å². The summed E-state index contributed by atoms with van der Waals surface area (Å²) in [6, 6.07) is 8.32. The molecular formula is C18H24FNO4. The Morgan fingerprint density at radius 1 is 1.33 bits per heavy atom. The van der Waals surface area contributed by atoms with Crippen LogP contribution in [0, 0.1) is 5.41 Å². The monoisotopic (exact) mass is 337 g/mol. The molecule has 1 aromatic rings. The maximum Gasteiger partial charge on any atom is 0.411 e. The van der Waals surface area contributed by atoms with Crippen molar-refractivity contribution in [2.45, 2.75) is 51.8 Å². The van der Waals surface area contributed by atoms with Crippen LogP contribution < -0.4 is 0 Å². The number of ether oxygens (including phenoxy) is 1. The lowest BCUT2D eigenvalue weighted by Gasteiger charge is -2.45. The molecule has 0 saturated carbocycles. The van der Waals surface area contributed by atoms with Crippen LogP contribution in [0.2, 0.25) is 0 Å². The smallest absolute Gasteiger partial charge is 0.411 e. The van der Waals surface area contributed by atoms with E-state index in [1.54, 1.807) is 32.9 Å². The minimum Gasteiger partial charge on any atom is -0.479 e. The van der Waals surface area contributed by atoms with E-state index in [0.29, 0.717) is 6.42 Å². The molecule has 0 bridgehead atoms. The number of rotatable bonds is 4. The Morgan fingerprint density at radius 3 is 2.46 bits per heavy atom. The number of carbonyl (C=O) groups is 2. The molecule has 1 heterocycles. The highest BCUT2D eigenvalue weighted by atomic mass is 19.1. The van der Waals surface area contributed by atoms with Crippen LogP contribution in [-0.2, 0) is 16.1 Å². The molecule has 1 fully saturated rings. The number of hydrogen-bond donors (Lipinski definition) is 1. The van der Waals surface area contributed by atoms with Crippen LogP contribution in [0.1, 0.15) is 39.2 Å². The Balaban J connectivity index is 2.27. The Bertz CT molecular complexity index is 599. The van der Waals surface area contributed by atoms with Gasteiger partial charge in [0.05, 0.1) is 6.04 Å². The molecule has 132 valence electrons. The summed E-state index contributed by atoms with van der Waals surface area (Å²) in [7, 11) is 0. The zero-order valence-corrected chi connectivity index (χ0v) is 14.3. The van der Waals surface area contributed by atoms with Gasteiger partial charge in [-0.1, -0.05) is 51.1 Å². The maximum atomic E-state index is 13.4. The van der Waals surface area contributed by atoms with Gasteiger partial charge >= 0.3 is 12.1 Å². The highest BCUT2D eigenvalue weighted by molar-refractivity contribution is 5.86. The van der Waals surface area contributed by atoms with Gasteiger partial charge in [0.25, 0.3) is 0 Å². The van der Waals surface area contributed by atoms with Crippen LogP contribution in [0.3, 0.4) is 0 Å². The third kappa shape index (κ3) is 3.09. The predicted octanol–water partition coefficient (Wildman–Crippen LogP) is 3.63. The fraction of sp³-hybridized carbons (Fsp3) is 0.556. The van der Waals surface area contributed by atoms with Crippen LogP contribution in [0.15, 0.2) is 30.3 Å². The first-order valence-corrected chi connectivity index (χ1v) is 8.03. The van der Waals surface area contributed by atoms with Crippen molar-refractivity contribution in [1.82, 2.24) is 4.90 Å². The van der Waals surface area contributed by atoms with Crippen LogP contribution in [0.5, 0.6) is 0 Å². The van der Waals surface area contributed by atoms with E-state index in [1.807, 2.05) is 18.2 Å². The van der Waals surface area contributed by atoms with E-state index >= 15 is 0 Å². The van der Waals surface area contributed by atoms with Gasteiger partial charge in [0.1, 0.15) is 18.8 Å². The van der Waals surface area contributed by atoms with Crippen molar-refractivity contribution in [2.75, 3.05) is 6.67 Å². The van der Waals surface area contributed by atoms with E-state index in [9.17, 15) is 19.1 Å². The second-order valence-electron chi connectivity index (χ2n) is 7.17. The Labute approximate surface area is 141 Å². The van der Waals surface area contributed by atoms with Gasteiger partial charge in [-0.3, -0.25) is 4.90 Å². The summed E-state index contributed by atoms with van der Waals surface area (Å²) in [5.74, 6) is -1.12. The van der Waals surface area contributed by atoms with E-state index in [-0.39, 0.29) is 13.0 Å². The van der Waals surface area contributed by atoms with Crippen molar-refractivity contribution >= 4 is 12.1 Å². The minimum atomic E-state index is -1.47. The summed E-state index contributed by atoms with van der Waals surface area (Å²) in [5, 5.41) is 9.85. The molecule has 0 unspecified atom stereocenters. The zero-order chi connectivity index (χ0) is 18.0. The van der Waals surface area contributed by atoms with E-state index in [0.717, 1.165) is 10.5 Å². The van der Waals surface area contributed by atoms with Gasteiger partial charge in [0.2, 0.25) is 0 Å². The third-order valence-corrected chi connectivity index (χ3v) is 4.79. The molecule has 24 heavy (non-hydrogen) atoms. The average Bonchev–Trinajstić information content (AvgIpc) is 2.94. The Kier molecular flexibility index (Phi) is 5.16. The number of carboxylic acid groups (broad SMARTS) is 1. The molecule has 1 aliphatic heterocycles. The third-order valence-electron chi connectivity index (χ3n) is 4.79. The average molecular weight is 337 g/mol. The molecule has 5 nitrogen and oxygen atoms in total. The summed E-state index contributed by atoms with van der Waals surface area (Å²) < 4.78 is 18.7. The summed E-state index contributed by atoms with van der Waals surface area (Å²) in [4.78, 5) is 25.8. The van der Waals surface area contributed by atoms with Crippen LogP contribution in [0.25, 0.3) is 0 Å². The van der Waals surface area contributed by atoms with Gasteiger partial charge in [-0.25, -0.2) is 14.0 Å². The van der Waals surface area contributed by atoms with Crippen molar-refractivity contribution in [3.63, 3.8) is 0 Å². The van der Waals surface area contributed by atoms with Gasteiger partial charge in [-0.15, -0.1) is 0 Å². The van der Waals surface area contributed by atoms with Gasteiger partial charge < -0.3 is 9.84 Å². The normalized spacial score (nSPS) is 24.0. The SMILES string of the molecule is CC(C)(C)[C@]1(C(=O)O)CC[C@@H](CF)N1C(=O)OCc1ccccc1. The Hall–Kier alpha value is -2.11. The predicted molar refractivity (Wildman–Crippen MR) is 87.3 cm³/mol. The number of aliphatic carboxylic acids is 1. The van der Waals surface area contributed by atoms with Gasteiger partial charge in [0.15, 0.2) is 0 Å². The number of alkyl halides is 1. The molecule has 1 aliphatic rings. The molecule has 0 aromatic heterocycles. The number of halogens is 1. The standard InChI is InChI=1S/C18H24FNO4/c1-17(2,3)18(15(21)22)10-9-14(11-19)20(18)16(23)24-12-13-7-5-4-6-8-13/h4-8,14H,9-12H2,1-3H3,(H,21,22)/t14-,18+/m0/s1. The van der Waals surface area contributed by atoms with Gasteiger partial charge in [0, 0.05) is 0 Å². The zero-order valence-electron chi connectivity index (χ0n) is 14.3. The van der Waals surface area contributed by atoms with Gasteiger partial charge in [-0.2, -0.15) is 0 Å². The molecule has 0 aliphatic carbocycles. The van der Waals surface area contributed by atoms with E-state index in [2.05, 4.69) is 0 Å². The topological polar surface area (TPSA) is 66.8 Å².